The van der Waals surface area contributed by atoms with Crippen LogP contribution in [0.3, 0.4) is 0 Å². The Kier molecular flexibility index (Phi) is 5.94. The molecule has 2 heterocycles. The lowest BCUT2D eigenvalue weighted by Crippen LogP contribution is -2.30. The quantitative estimate of drug-likeness (QED) is 0.617. The average molecular weight is 471 g/mol. The number of aromatic nitrogens is 2. The summed E-state index contributed by atoms with van der Waals surface area (Å²) in [6, 6.07) is 15.3. The van der Waals surface area contributed by atoms with E-state index >= 15 is 0 Å². The third-order valence-electron chi connectivity index (χ3n) is 5.00. The first-order valence-electron chi connectivity index (χ1n) is 9.64. The lowest BCUT2D eigenvalue weighted by Gasteiger charge is -2.20. The molecular formula is C22H20BrFN4O2. The zero-order valence-corrected chi connectivity index (χ0v) is 17.7. The molecule has 1 aliphatic heterocycles. The molecule has 8 heteroatoms. The van der Waals surface area contributed by atoms with Gasteiger partial charge in [-0.25, -0.2) is 4.39 Å². The minimum Gasteiger partial charge on any atom is -0.347 e. The van der Waals surface area contributed by atoms with Gasteiger partial charge in [0.1, 0.15) is 11.5 Å². The Labute approximate surface area is 181 Å². The lowest BCUT2D eigenvalue weighted by atomic mass is 10.2. The molecule has 0 aliphatic carbocycles. The third kappa shape index (κ3) is 4.43. The molecule has 0 atom stereocenters. The van der Waals surface area contributed by atoms with Crippen molar-refractivity contribution in [3.05, 3.63) is 87.4 Å². The first kappa shape index (κ1) is 20.3. The molecule has 0 radical (unpaired) electrons. The van der Waals surface area contributed by atoms with E-state index < -0.39 is 0 Å². The summed E-state index contributed by atoms with van der Waals surface area (Å²) in [6.45, 7) is 1.86. The van der Waals surface area contributed by atoms with E-state index in [9.17, 15) is 14.0 Å². The van der Waals surface area contributed by atoms with Gasteiger partial charge in [-0.3, -0.25) is 14.3 Å². The summed E-state index contributed by atoms with van der Waals surface area (Å²) in [7, 11) is 0. The van der Waals surface area contributed by atoms with Crippen LogP contribution in [0.2, 0.25) is 0 Å². The van der Waals surface area contributed by atoms with E-state index in [0.717, 1.165) is 22.0 Å². The molecule has 0 saturated heterocycles. The summed E-state index contributed by atoms with van der Waals surface area (Å²) < 4.78 is 15.7. The molecule has 4 rings (SSSR count). The van der Waals surface area contributed by atoms with Crippen LogP contribution in [0.25, 0.3) is 0 Å². The predicted octanol–water partition coefficient (Wildman–Crippen LogP) is 3.76. The van der Waals surface area contributed by atoms with Gasteiger partial charge in [0.15, 0.2) is 5.69 Å². The van der Waals surface area contributed by atoms with Gasteiger partial charge in [-0.2, -0.15) is 5.10 Å². The lowest BCUT2D eigenvalue weighted by molar-refractivity contribution is 0.0745. The second kappa shape index (κ2) is 8.79. The molecule has 0 saturated carbocycles. The monoisotopic (exact) mass is 470 g/mol. The van der Waals surface area contributed by atoms with Crippen LogP contribution in [-0.2, 0) is 19.6 Å². The Bertz CT molecular complexity index is 1080. The molecule has 3 aromatic rings. The zero-order valence-electron chi connectivity index (χ0n) is 16.1. The SMILES string of the molecule is O=C(NCc1ccccc1Br)c1cc2n(n1)CCCN(Cc1ccc(F)cc1)C2=O. The van der Waals surface area contributed by atoms with Crippen molar-refractivity contribution in [2.45, 2.75) is 26.1 Å². The van der Waals surface area contributed by atoms with Gasteiger partial charge in [0.2, 0.25) is 0 Å². The summed E-state index contributed by atoms with van der Waals surface area (Å²) in [5, 5.41) is 7.19. The Morgan fingerprint density at radius 1 is 1.13 bits per heavy atom. The number of amides is 2. The van der Waals surface area contributed by atoms with Crippen LogP contribution in [0.1, 0.15) is 38.5 Å². The van der Waals surface area contributed by atoms with Crippen molar-refractivity contribution in [3.8, 4) is 0 Å². The van der Waals surface area contributed by atoms with Crippen molar-refractivity contribution in [2.24, 2.45) is 0 Å². The maximum absolute atomic E-state index is 13.1. The molecule has 2 amide bonds. The maximum atomic E-state index is 13.1. The number of benzene rings is 2. The van der Waals surface area contributed by atoms with Crippen molar-refractivity contribution in [2.75, 3.05) is 6.54 Å². The number of carbonyl (C=O) groups is 2. The third-order valence-corrected chi connectivity index (χ3v) is 5.77. The molecule has 0 spiro atoms. The molecule has 0 unspecified atom stereocenters. The highest BCUT2D eigenvalue weighted by Crippen LogP contribution is 2.18. The molecule has 1 N–H and O–H groups in total. The van der Waals surface area contributed by atoms with E-state index in [4.69, 9.17) is 0 Å². The number of nitrogens with one attached hydrogen (secondary N) is 1. The number of hydrogen-bond acceptors (Lipinski definition) is 3. The van der Waals surface area contributed by atoms with Crippen LogP contribution in [-0.4, -0.2) is 33.0 Å². The summed E-state index contributed by atoms with van der Waals surface area (Å²) >= 11 is 3.46. The van der Waals surface area contributed by atoms with Gasteiger partial charge < -0.3 is 10.2 Å². The Balaban J connectivity index is 1.47. The Morgan fingerprint density at radius 3 is 2.67 bits per heavy atom. The first-order chi connectivity index (χ1) is 14.5. The number of fused-ring (bicyclic) bond motifs is 1. The first-order valence-corrected chi connectivity index (χ1v) is 10.4. The number of rotatable bonds is 5. The zero-order chi connectivity index (χ0) is 21.1. The minimum absolute atomic E-state index is 0.186. The van der Waals surface area contributed by atoms with Gasteiger partial charge in [0.05, 0.1) is 0 Å². The van der Waals surface area contributed by atoms with Crippen LogP contribution >= 0.6 is 15.9 Å². The molecule has 0 bridgehead atoms. The van der Waals surface area contributed by atoms with Crippen LogP contribution in [0.4, 0.5) is 4.39 Å². The smallest absolute Gasteiger partial charge is 0.272 e. The number of halogens is 2. The van der Waals surface area contributed by atoms with Crippen molar-refractivity contribution < 1.29 is 14.0 Å². The highest BCUT2D eigenvalue weighted by Gasteiger charge is 2.26. The Hall–Kier alpha value is -3.00. The largest absolute Gasteiger partial charge is 0.347 e. The molecule has 1 aromatic heterocycles. The number of aryl methyl sites for hydroxylation is 1. The van der Waals surface area contributed by atoms with Crippen molar-refractivity contribution >= 4 is 27.7 Å². The van der Waals surface area contributed by atoms with Crippen LogP contribution in [0.5, 0.6) is 0 Å². The summed E-state index contributed by atoms with van der Waals surface area (Å²) in [5.74, 6) is -0.824. The molecule has 154 valence electrons. The molecule has 6 nitrogen and oxygen atoms in total. The molecular weight excluding hydrogens is 451 g/mol. The predicted molar refractivity (Wildman–Crippen MR) is 113 cm³/mol. The van der Waals surface area contributed by atoms with Gasteiger partial charge in [-0.1, -0.05) is 46.3 Å². The van der Waals surface area contributed by atoms with E-state index in [1.54, 1.807) is 27.8 Å². The van der Waals surface area contributed by atoms with E-state index in [1.165, 1.54) is 12.1 Å². The fraction of sp³-hybridized carbons (Fsp3) is 0.227. The van der Waals surface area contributed by atoms with E-state index in [0.29, 0.717) is 31.9 Å². The van der Waals surface area contributed by atoms with Gasteiger partial charge in [0, 0.05) is 36.7 Å². The molecule has 1 aliphatic rings. The molecule has 2 aromatic carbocycles. The van der Waals surface area contributed by atoms with E-state index in [1.807, 2.05) is 24.3 Å². The van der Waals surface area contributed by atoms with Crippen molar-refractivity contribution in [1.82, 2.24) is 20.0 Å². The van der Waals surface area contributed by atoms with Crippen LogP contribution in [0, 0.1) is 5.82 Å². The number of hydrogen-bond donors (Lipinski definition) is 1. The molecule has 30 heavy (non-hydrogen) atoms. The summed E-state index contributed by atoms with van der Waals surface area (Å²) in [6.07, 6.45) is 0.722. The summed E-state index contributed by atoms with van der Waals surface area (Å²) in [5.41, 5.74) is 2.41. The van der Waals surface area contributed by atoms with Crippen LogP contribution < -0.4 is 5.32 Å². The van der Waals surface area contributed by atoms with Crippen molar-refractivity contribution in [3.63, 3.8) is 0 Å². The van der Waals surface area contributed by atoms with Crippen molar-refractivity contribution in [1.29, 1.82) is 0 Å². The summed E-state index contributed by atoms with van der Waals surface area (Å²) in [4.78, 5) is 27.3. The maximum Gasteiger partial charge on any atom is 0.272 e. The highest BCUT2D eigenvalue weighted by atomic mass is 79.9. The number of carbonyl (C=O) groups excluding carboxylic acids is 2. The second-order valence-electron chi connectivity index (χ2n) is 7.12. The van der Waals surface area contributed by atoms with E-state index in [2.05, 4.69) is 26.3 Å². The Morgan fingerprint density at radius 2 is 1.90 bits per heavy atom. The fourth-order valence-electron chi connectivity index (χ4n) is 3.41. The van der Waals surface area contributed by atoms with E-state index in [-0.39, 0.29) is 23.3 Å². The standard InChI is InChI=1S/C22H20BrFN4O2/c23-18-5-2-1-4-16(18)13-25-21(29)19-12-20-22(30)27(10-3-11-28(20)26-19)14-15-6-8-17(24)9-7-15/h1-2,4-9,12H,3,10-11,13-14H2,(H,25,29). The topological polar surface area (TPSA) is 67.2 Å². The van der Waals surface area contributed by atoms with Gasteiger partial charge in [-0.05, 0) is 35.7 Å². The number of nitrogens with zero attached hydrogens (tertiary/aromatic N) is 3. The fourth-order valence-corrected chi connectivity index (χ4v) is 3.84. The second-order valence-corrected chi connectivity index (χ2v) is 7.97. The molecule has 0 fully saturated rings. The van der Waals surface area contributed by atoms with Gasteiger partial charge in [-0.15, -0.1) is 0 Å². The van der Waals surface area contributed by atoms with Crippen LogP contribution in [0.15, 0.2) is 59.1 Å². The van der Waals surface area contributed by atoms with Gasteiger partial charge >= 0.3 is 0 Å². The minimum atomic E-state index is -0.329. The highest BCUT2D eigenvalue weighted by molar-refractivity contribution is 9.10. The normalized spacial score (nSPS) is 13.7. The van der Waals surface area contributed by atoms with Gasteiger partial charge in [0.25, 0.3) is 11.8 Å². The average Bonchev–Trinajstić information content (AvgIpc) is 3.12.